The molecule has 3 N–H and O–H groups in total. The van der Waals surface area contributed by atoms with Crippen molar-refractivity contribution in [1.82, 2.24) is 4.98 Å². The molecule has 0 atom stereocenters. The molecule has 0 aliphatic heterocycles. The van der Waals surface area contributed by atoms with Crippen LogP contribution in [0.3, 0.4) is 0 Å². The van der Waals surface area contributed by atoms with Crippen molar-refractivity contribution in [3.05, 3.63) is 46.6 Å². The SMILES string of the molecule is CN(C)c1ccc(C(=O)Nc2ncc(N)cc2Br)cc1. The van der Waals surface area contributed by atoms with Crippen LogP contribution in [0.4, 0.5) is 17.2 Å². The number of nitrogens with one attached hydrogen (secondary N) is 1. The molecule has 1 aromatic heterocycles. The standard InChI is InChI=1S/C14H15BrN4O/c1-19(2)11-5-3-9(4-6-11)14(20)18-13-12(15)7-10(16)8-17-13/h3-8H,16H2,1-2H3,(H,17,18,20). The maximum absolute atomic E-state index is 12.1. The molecule has 0 spiro atoms. The Morgan fingerprint density at radius 1 is 1.30 bits per heavy atom. The van der Waals surface area contributed by atoms with E-state index in [2.05, 4.69) is 26.2 Å². The lowest BCUT2D eigenvalue weighted by Gasteiger charge is -2.12. The molecule has 1 amide bonds. The number of halogens is 1. The van der Waals surface area contributed by atoms with Crippen LogP contribution in [-0.4, -0.2) is 25.0 Å². The summed E-state index contributed by atoms with van der Waals surface area (Å²) in [7, 11) is 3.90. The number of anilines is 3. The van der Waals surface area contributed by atoms with Crippen LogP contribution in [0.1, 0.15) is 10.4 Å². The number of benzene rings is 1. The van der Waals surface area contributed by atoms with Crippen LogP contribution in [0.25, 0.3) is 0 Å². The Balaban J connectivity index is 2.15. The van der Waals surface area contributed by atoms with E-state index in [1.807, 2.05) is 31.1 Å². The summed E-state index contributed by atoms with van der Waals surface area (Å²) in [5.74, 6) is 0.231. The zero-order chi connectivity index (χ0) is 14.7. The lowest BCUT2D eigenvalue weighted by atomic mass is 10.2. The maximum atomic E-state index is 12.1. The number of nitrogens with two attached hydrogens (primary N) is 1. The van der Waals surface area contributed by atoms with Crippen molar-refractivity contribution < 1.29 is 4.79 Å². The first-order chi connectivity index (χ1) is 9.47. The smallest absolute Gasteiger partial charge is 0.256 e. The number of pyridine rings is 1. The summed E-state index contributed by atoms with van der Waals surface area (Å²) >= 11 is 3.31. The number of carbonyl (C=O) groups excluding carboxylic acids is 1. The predicted octanol–water partition coefficient (Wildman–Crippen LogP) is 2.74. The minimum atomic E-state index is -0.215. The van der Waals surface area contributed by atoms with E-state index in [0.29, 0.717) is 21.5 Å². The second-order valence-corrected chi connectivity index (χ2v) is 5.35. The van der Waals surface area contributed by atoms with E-state index in [4.69, 9.17) is 5.73 Å². The first-order valence-electron chi connectivity index (χ1n) is 5.97. The first-order valence-corrected chi connectivity index (χ1v) is 6.76. The Bertz CT molecular complexity index is 626. The molecule has 0 unspecified atom stereocenters. The predicted molar refractivity (Wildman–Crippen MR) is 85.1 cm³/mol. The fourth-order valence-electron chi connectivity index (χ4n) is 1.64. The van der Waals surface area contributed by atoms with Gasteiger partial charge in [0.05, 0.1) is 16.4 Å². The largest absolute Gasteiger partial charge is 0.397 e. The van der Waals surface area contributed by atoms with Gasteiger partial charge in [-0.25, -0.2) is 4.98 Å². The molecule has 5 nitrogen and oxygen atoms in total. The van der Waals surface area contributed by atoms with Gasteiger partial charge < -0.3 is 16.0 Å². The van der Waals surface area contributed by atoms with Gasteiger partial charge in [0.15, 0.2) is 0 Å². The van der Waals surface area contributed by atoms with Gasteiger partial charge in [0.25, 0.3) is 5.91 Å². The van der Waals surface area contributed by atoms with Crippen molar-refractivity contribution in [1.29, 1.82) is 0 Å². The van der Waals surface area contributed by atoms with Gasteiger partial charge in [-0.2, -0.15) is 0 Å². The average molecular weight is 335 g/mol. The van der Waals surface area contributed by atoms with Crippen LogP contribution in [0.2, 0.25) is 0 Å². The van der Waals surface area contributed by atoms with Gasteiger partial charge in [0.2, 0.25) is 0 Å². The molecule has 0 saturated carbocycles. The fraction of sp³-hybridized carbons (Fsp3) is 0.143. The molecule has 6 heteroatoms. The molecule has 1 heterocycles. The van der Waals surface area contributed by atoms with E-state index in [1.165, 1.54) is 6.20 Å². The van der Waals surface area contributed by atoms with Gasteiger partial charge in [0, 0.05) is 25.3 Å². The number of nitrogens with zero attached hydrogens (tertiary/aromatic N) is 2. The third kappa shape index (κ3) is 3.27. The molecule has 1 aromatic carbocycles. The van der Waals surface area contributed by atoms with Crippen molar-refractivity contribution in [2.24, 2.45) is 0 Å². The summed E-state index contributed by atoms with van der Waals surface area (Å²) in [6.07, 6.45) is 1.50. The highest BCUT2D eigenvalue weighted by Crippen LogP contribution is 2.22. The molecule has 0 aliphatic carbocycles. The number of amides is 1. The van der Waals surface area contributed by atoms with Crippen LogP contribution in [-0.2, 0) is 0 Å². The van der Waals surface area contributed by atoms with Crippen molar-refractivity contribution in [3.63, 3.8) is 0 Å². The number of aromatic nitrogens is 1. The molecule has 0 fully saturated rings. The molecular weight excluding hydrogens is 320 g/mol. The summed E-state index contributed by atoms with van der Waals surface area (Å²) in [6, 6.07) is 9.02. The quantitative estimate of drug-likeness (QED) is 0.905. The molecule has 20 heavy (non-hydrogen) atoms. The van der Waals surface area contributed by atoms with E-state index in [-0.39, 0.29) is 5.91 Å². The fourth-order valence-corrected chi connectivity index (χ4v) is 2.10. The summed E-state index contributed by atoms with van der Waals surface area (Å²) in [5.41, 5.74) is 7.74. The number of hydrogen-bond donors (Lipinski definition) is 2. The highest BCUT2D eigenvalue weighted by atomic mass is 79.9. The van der Waals surface area contributed by atoms with Crippen LogP contribution >= 0.6 is 15.9 Å². The van der Waals surface area contributed by atoms with Crippen molar-refractivity contribution in [3.8, 4) is 0 Å². The normalized spacial score (nSPS) is 10.2. The van der Waals surface area contributed by atoms with Crippen molar-refractivity contribution in [2.45, 2.75) is 0 Å². The summed E-state index contributed by atoms with van der Waals surface area (Å²) in [4.78, 5) is 18.2. The zero-order valence-corrected chi connectivity index (χ0v) is 12.8. The number of carbonyl (C=O) groups is 1. The summed E-state index contributed by atoms with van der Waals surface area (Å²) in [6.45, 7) is 0. The Labute approximate surface area is 125 Å². The van der Waals surface area contributed by atoms with Gasteiger partial charge in [-0.05, 0) is 46.3 Å². The Kier molecular flexibility index (Phi) is 4.24. The third-order valence-electron chi connectivity index (χ3n) is 2.74. The third-order valence-corrected chi connectivity index (χ3v) is 3.34. The lowest BCUT2D eigenvalue weighted by Crippen LogP contribution is -2.14. The lowest BCUT2D eigenvalue weighted by molar-refractivity contribution is 0.102. The topological polar surface area (TPSA) is 71.2 Å². The zero-order valence-electron chi connectivity index (χ0n) is 11.2. The van der Waals surface area contributed by atoms with Gasteiger partial charge in [-0.15, -0.1) is 0 Å². The van der Waals surface area contributed by atoms with Gasteiger partial charge in [-0.3, -0.25) is 4.79 Å². The molecule has 2 aromatic rings. The highest BCUT2D eigenvalue weighted by molar-refractivity contribution is 9.10. The van der Waals surface area contributed by atoms with Crippen LogP contribution in [0.5, 0.6) is 0 Å². The van der Waals surface area contributed by atoms with E-state index in [1.54, 1.807) is 18.2 Å². The molecule has 2 rings (SSSR count). The van der Waals surface area contributed by atoms with E-state index >= 15 is 0 Å². The highest BCUT2D eigenvalue weighted by Gasteiger charge is 2.09. The molecule has 0 radical (unpaired) electrons. The van der Waals surface area contributed by atoms with Crippen LogP contribution < -0.4 is 16.0 Å². The molecule has 0 aliphatic rings. The van der Waals surface area contributed by atoms with Crippen LogP contribution in [0.15, 0.2) is 41.0 Å². The van der Waals surface area contributed by atoms with Crippen LogP contribution in [0, 0.1) is 0 Å². The van der Waals surface area contributed by atoms with Gasteiger partial charge in [-0.1, -0.05) is 0 Å². The summed E-state index contributed by atoms with van der Waals surface area (Å²) in [5, 5.41) is 2.74. The molecule has 0 saturated heterocycles. The van der Waals surface area contributed by atoms with E-state index < -0.39 is 0 Å². The number of hydrogen-bond acceptors (Lipinski definition) is 4. The average Bonchev–Trinajstić information content (AvgIpc) is 2.42. The Morgan fingerprint density at radius 3 is 2.50 bits per heavy atom. The second kappa shape index (κ2) is 5.92. The minimum absolute atomic E-state index is 0.215. The van der Waals surface area contributed by atoms with Gasteiger partial charge >= 0.3 is 0 Å². The Morgan fingerprint density at radius 2 is 1.95 bits per heavy atom. The van der Waals surface area contributed by atoms with Crippen molar-refractivity contribution >= 4 is 39.0 Å². The van der Waals surface area contributed by atoms with Gasteiger partial charge in [0.1, 0.15) is 5.82 Å². The molecule has 0 bridgehead atoms. The number of nitrogen functional groups attached to an aromatic ring is 1. The second-order valence-electron chi connectivity index (χ2n) is 4.49. The first kappa shape index (κ1) is 14.3. The monoisotopic (exact) mass is 334 g/mol. The summed E-state index contributed by atoms with van der Waals surface area (Å²) < 4.78 is 0.649. The van der Waals surface area contributed by atoms with Crippen molar-refractivity contribution in [2.75, 3.05) is 30.0 Å². The Hall–Kier alpha value is -2.08. The number of rotatable bonds is 3. The maximum Gasteiger partial charge on any atom is 0.256 e. The molecular formula is C14H15BrN4O. The van der Waals surface area contributed by atoms with E-state index in [0.717, 1.165) is 5.69 Å². The molecule has 104 valence electrons. The van der Waals surface area contributed by atoms with E-state index in [9.17, 15) is 4.79 Å². The minimum Gasteiger partial charge on any atom is -0.397 e.